The molecule has 4 heteroatoms. The van der Waals surface area contributed by atoms with Crippen molar-refractivity contribution in [2.45, 2.75) is 32.8 Å². The molecule has 1 N–H and O–H groups in total. The minimum atomic E-state index is -0.530. The first kappa shape index (κ1) is 12.7. The van der Waals surface area contributed by atoms with E-state index in [1.807, 2.05) is 6.07 Å². The first-order valence-electron chi connectivity index (χ1n) is 5.82. The molecule has 1 aliphatic rings. The predicted octanol–water partition coefficient (Wildman–Crippen LogP) is 3.40. The van der Waals surface area contributed by atoms with E-state index in [0.717, 1.165) is 27.1 Å². The van der Waals surface area contributed by atoms with Crippen molar-refractivity contribution in [1.82, 2.24) is 0 Å². The quantitative estimate of drug-likeness (QED) is 0.910. The summed E-state index contributed by atoms with van der Waals surface area (Å²) in [6.45, 7) is 7.08. The fraction of sp³-hybridized carbons (Fsp3) is 0.538. The first-order valence-corrected chi connectivity index (χ1v) is 6.61. The Kier molecular flexibility index (Phi) is 3.64. The van der Waals surface area contributed by atoms with Gasteiger partial charge >= 0.3 is 0 Å². The van der Waals surface area contributed by atoms with Crippen LogP contribution in [0, 0.1) is 0 Å². The van der Waals surface area contributed by atoms with Gasteiger partial charge in [0.1, 0.15) is 13.2 Å². The lowest BCUT2D eigenvalue weighted by atomic mass is 9.92. The van der Waals surface area contributed by atoms with Gasteiger partial charge in [0.15, 0.2) is 11.5 Å². The van der Waals surface area contributed by atoms with Crippen molar-refractivity contribution in [3.05, 3.63) is 21.7 Å². The summed E-state index contributed by atoms with van der Waals surface area (Å²) in [6, 6.07) is 1.88. The number of hydrogen-bond donors (Lipinski definition) is 1. The van der Waals surface area contributed by atoms with Gasteiger partial charge in [-0.25, -0.2) is 0 Å². The molecule has 94 valence electrons. The van der Waals surface area contributed by atoms with Crippen LogP contribution >= 0.6 is 15.9 Å². The third-order valence-electron chi connectivity index (χ3n) is 2.86. The van der Waals surface area contributed by atoms with E-state index in [2.05, 4.69) is 29.8 Å². The third kappa shape index (κ3) is 2.29. The zero-order valence-electron chi connectivity index (χ0n) is 10.3. The Morgan fingerprint density at radius 3 is 2.41 bits per heavy atom. The topological polar surface area (TPSA) is 38.7 Å². The molecule has 0 saturated heterocycles. The van der Waals surface area contributed by atoms with Crippen LogP contribution in [0.5, 0.6) is 11.5 Å². The number of ether oxygens (including phenoxy) is 2. The maximum atomic E-state index is 9.91. The van der Waals surface area contributed by atoms with Gasteiger partial charge in [0.2, 0.25) is 0 Å². The molecule has 1 unspecified atom stereocenters. The SMILES string of the molecule is CC(C)c1c2c(cc(Br)c1C(C)O)OCCO2. The summed E-state index contributed by atoms with van der Waals surface area (Å²) in [4.78, 5) is 0. The molecule has 1 aromatic carbocycles. The zero-order valence-corrected chi connectivity index (χ0v) is 11.9. The number of benzene rings is 1. The molecule has 0 amide bonds. The third-order valence-corrected chi connectivity index (χ3v) is 3.51. The molecule has 0 saturated carbocycles. The minimum Gasteiger partial charge on any atom is -0.486 e. The van der Waals surface area contributed by atoms with Gasteiger partial charge in [0.05, 0.1) is 6.10 Å². The van der Waals surface area contributed by atoms with Crippen molar-refractivity contribution >= 4 is 15.9 Å². The molecule has 0 radical (unpaired) electrons. The molecular formula is C13H17BrO3. The van der Waals surface area contributed by atoms with Gasteiger partial charge in [0, 0.05) is 15.6 Å². The van der Waals surface area contributed by atoms with E-state index in [0.29, 0.717) is 13.2 Å². The van der Waals surface area contributed by atoms with Crippen molar-refractivity contribution < 1.29 is 14.6 Å². The van der Waals surface area contributed by atoms with E-state index < -0.39 is 6.10 Å². The van der Waals surface area contributed by atoms with Gasteiger partial charge in [-0.2, -0.15) is 0 Å². The van der Waals surface area contributed by atoms with Gasteiger partial charge in [-0.1, -0.05) is 29.8 Å². The Morgan fingerprint density at radius 1 is 1.18 bits per heavy atom. The molecule has 2 rings (SSSR count). The highest BCUT2D eigenvalue weighted by molar-refractivity contribution is 9.10. The highest BCUT2D eigenvalue weighted by Crippen LogP contribution is 2.45. The molecule has 1 aliphatic heterocycles. The predicted molar refractivity (Wildman–Crippen MR) is 69.9 cm³/mol. The van der Waals surface area contributed by atoms with Crippen molar-refractivity contribution in [3.8, 4) is 11.5 Å². The number of halogens is 1. The normalized spacial score (nSPS) is 16.1. The lowest BCUT2D eigenvalue weighted by Crippen LogP contribution is -2.18. The fourth-order valence-electron chi connectivity index (χ4n) is 2.19. The van der Waals surface area contributed by atoms with Gasteiger partial charge in [-0.15, -0.1) is 0 Å². The molecule has 0 fully saturated rings. The Balaban J connectivity index is 2.67. The molecule has 17 heavy (non-hydrogen) atoms. The first-order chi connectivity index (χ1) is 8.02. The molecule has 0 aliphatic carbocycles. The number of aliphatic hydroxyl groups excluding tert-OH is 1. The number of rotatable bonds is 2. The van der Waals surface area contributed by atoms with Crippen molar-refractivity contribution in [3.63, 3.8) is 0 Å². The van der Waals surface area contributed by atoms with E-state index >= 15 is 0 Å². The van der Waals surface area contributed by atoms with Crippen molar-refractivity contribution in [1.29, 1.82) is 0 Å². The second-order valence-corrected chi connectivity index (χ2v) is 5.39. The Morgan fingerprint density at radius 2 is 1.82 bits per heavy atom. The lowest BCUT2D eigenvalue weighted by Gasteiger charge is -2.26. The molecule has 1 aromatic rings. The average molecular weight is 301 g/mol. The highest BCUT2D eigenvalue weighted by atomic mass is 79.9. The Labute approximate surface area is 110 Å². The van der Waals surface area contributed by atoms with Crippen LogP contribution in [0.2, 0.25) is 0 Å². The largest absolute Gasteiger partial charge is 0.486 e. The fourth-order valence-corrected chi connectivity index (χ4v) is 2.94. The Hall–Kier alpha value is -0.740. The maximum Gasteiger partial charge on any atom is 0.165 e. The van der Waals surface area contributed by atoms with E-state index in [4.69, 9.17) is 9.47 Å². The summed E-state index contributed by atoms with van der Waals surface area (Å²) in [7, 11) is 0. The van der Waals surface area contributed by atoms with Crippen LogP contribution in [-0.4, -0.2) is 18.3 Å². The molecule has 1 heterocycles. The summed E-state index contributed by atoms with van der Waals surface area (Å²) in [5.74, 6) is 1.81. The second kappa shape index (κ2) is 4.86. The van der Waals surface area contributed by atoms with E-state index in [1.165, 1.54) is 0 Å². The second-order valence-electron chi connectivity index (χ2n) is 4.54. The molecular weight excluding hydrogens is 284 g/mol. The summed E-state index contributed by atoms with van der Waals surface area (Å²) in [6.07, 6.45) is -0.530. The van der Waals surface area contributed by atoms with Crippen LogP contribution in [-0.2, 0) is 0 Å². The van der Waals surface area contributed by atoms with Crippen LogP contribution in [0.25, 0.3) is 0 Å². The lowest BCUT2D eigenvalue weighted by molar-refractivity contribution is 0.165. The van der Waals surface area contributed by atoms with Crippen molar-refractivity contribution in [2.24, 2.45) is 0 Å². The number of hydrogen-bond acceptors (Lipinski definition) is 3. The summed E-state index contributed by atoms with van der Waals surface area (Å²) >= 11 is 3.50. The van der Waals surface area contributed by atoms with E-state index in [1.54, 1.807) is 6.92 Å². The maximum absolute atomic E-state index is 9.91. The number of aliphatic hydroxyl groups is 1. The van der Waals surface area contributed by atoms with Gasteiger partial charge in [-0.3, -0.25) is 0 Å². The van der Waals surface area contributed by atoms with Crippen LogP contribution in [0.4, 0.5) is 0 Å². The minimum absolute atomic E-state index is 0.271. The van der Waals surface area contributed by atoms with E-state index in [9.17, 15) is 5.11 Å². The van der Waals surface area contributed by atoms with Crippen molar-refractivity contribution in [2.75, 3.05) is 13.2 Å². The monoisotopic (exact) mass is 300 g/mol. The summed E-state index contributed by atoms with van der Waals surface area (Å²) < 4.78 is 12.2. The smallest absolute Gasteiger partial charge is 0.165 e. The highest BCUT2D eigenvalue weighted by Gasteiger charge is 2.25. The zero-order chi connectivity index (χ0) is 12.6. The molecule has 3 nitrogen and oxygen atoms in total. The van der Waals surface area contributed by atoms with Crippen LogP contribution in [0.1, 0.15) is 43.9 Å². The Bertz CT molecular complexity index is 427. The van der Waals surface area contributed by atoms with Crippen LogP contribution < -0.4 is 9.47 Å². The molecule has 1 atom stereocenters. The molecule has 0 bridgehead atoms. The van der Waals surface area contributed by atoms with Gasteiger partial charge < -0.3 is 14.6 Å². The summed E-state index contributed by atoms with van der Waals surface area (Å²) in [5.41, 5.74) is 1.92. The number of fused-ring (bicyclic) bond motifs is 1. The standard InChI is InChI=1S/C13H17BrO3/c1-7(2)11-12(8(3)15)9(14)6-10-13(11)17-5-4-16-10/h6-8,15H,4-5H2,1-3H3. The average Bonchev–Trinajstić information content (AvgIpc) is 2.26. The molecule has 0 aromatic heterocycles. The van der Waals surface area contributed by atoms with Gasteiger partial charge in [0.25, 0.3) is 0 Å². The molecule has 0 spiro atoms. The van der Waals surface area contributed by atoms with Gasteiger partial charge in [-0.05, 0) is 18.9 Å². The summed E-state index contributed by atoms with van der Waals surface area (Å²) in [5, 5.41) is 9.91. The van der Waals surface area contributed by atoms with Crippen LogP contribution in [0.3, 0.4) is 0 Å². The van der Waals surface area contributed by atoms with E-state index in [-0.39, 0.29) is 5.92 Å². The van der Waals surface area contributed by atoms with Crippen LogP contribution in [0.15, 0.2) is 10.5 Å².